The van der Waals surface area contributed by atoms with E-state index in [1.807, 2.05) is 18.2 Å². The summed E-state index contributed by atoms with van der Waals surface area (Å²) in [5.41, 5.74) is 1.88. The molecular formula is C25H25ClN4O2S2. The second-order valence-electron chi connectivity index (χ2n) is 8.77. The van der Waals surface area contributed by atoms with Crippen LogP contribution in [0.2, 0.25) is 5.02 Å². The molecule has 1 aromatic heterocycles. The van der Waals surface area contributed by atoms with Gasteiger partial charge < -0.3 is 4.90 Å². The van der Waals surface area contributed by atoms with Gasteiger partial charge in [-0.3, -0.25) is 19.1 Å². The average molecular weight is 513 g/mol. The number of thioether (sulfide) groups is 1. The van der Waals surface area contributed by atoms with Crippen molar-refractivity contribution in [2.24, 2.45) is 13.0 Å². The minimum atomic E-state index is -0.323. The van der Waals surface area contributed by atoms with E-state index in [4.69, 9.17) is 23.8 Å². The van der Waals surface area contributed by atoms with Crippen LogP contribution in [0.5, 0.6) is 0 Å². The Bertz CT molecular complexity index is 1310. The first-order valence-corrected chi connectivity index (χ1v) is 12.7. The summed E-state index contributed by atoms with van der Waals surface area (Å²) in [7, 11) is 1.69. The van der Waals surface area contributed by atoms with E-state index in [1.54, 1.807) is 30.7 Å². The minimum absolute atomic E-state index is 0.0918. The van der Waals surface area contributed by atoms with Crippen molar-refractivity contribution in [3.63, 3.8) is 0 Å². The van der Waals surface area contributed by atoms with Crippen molar-refractivity contribution in [3.8, 4) is 6.07 Å². The minimum Gasteiger partial charge on any atom is -0.357 e. The molecule has 9 heteroatoms. The number of rotatable bonds is 4. The second kappa shape index (κ2) is 9.95. The molecule has 0 saturated carbocycles. The molecule has 0 bridgehead atoms. The predicted molar refractivity (Wildman–Crippen MR) is 142 cm³/mol. The second-order valence-corrected chi connectivity index (χ2v) is 10.8. The number of pyridine rings is 1. The molecule has 34 heavy (non-hydrogen) atoms. The number of nitrogens with zero attached hydrogens (tertiary/aromatic N) is 4. The highest BCUT2D eigenvalue weighted by Crippen LogP contribution is 2.37. The number of carbonyl (C=O) groups excluding carboxylic acids is 1. The summed E-state index contributed by atoms with van der Waals surface area (Å²) in [5, 5.41) is 10.2. The van der Waals surface area contributed by atoms with Gasteiger partial charge >= 0.3 is 0 Å². The number of piperidine rings is 1. The van der Waals surface area contributed by atoms with Gasteiger partial charge in [-0.25, -0.2) is 0 Å². The number of anilines is 1. The number of benzene rings is 1. The van der Waals surface area contributed by atoms with Crippen LogP contribution in [0.1, 0.15) is 42.0 Å². The number of halogens is 1. The molecule has 176 valence electrons. The summed E-state index contributed by atoms with van der Waals surface area (Å²) in [5.74, 6) is 1.02. The fourth-order valence-corrected chi connectivity index (χ4v) is 5.97. The Morgan fingerprint density at radius 2 is 2.06 bits per heavy atom. The van der Waals surface area contributed by atoms with E-state index < -0.39 is 0 Å². The third-order valence-corrected chi connectivity index (χ3v) is 8.11. The van der Waals surface area contributed by atoms with Crippen LogP contribution < -0.4 is 10.5 Å². The zero-order valence-corrected chi connectivity index (χ0v) is 21.7. The first-order valence-electron chi connectivity index (χ1n) is 11.1. The van der Waals surface area contributed by atoms with Gasteiger partial charge in [-0.05, 0) is 49.0 Å². The number of amides is 1. The normalized spacial score (nSPS) is 19.7. The Morgan fingerprint density at radius 3 is 2.74 bits per heavy atom. The molecule has 2 aromatic rings. The lowest BCUT2D eigenvalue weighted by Gasteiger charge is -2.35. The van der Waals surface area contributed by atoms with Crippen molar-refractivity contribution < 1.29 is 4.79 Å². The van der Waals surface area contributed by atoms with E-state index in [2.05, 4.69) is 17.9 Å². The first-order chi connectivity index (χ1) is 16.2. The van der Waals surface area contributed by atoms with Crippen LogP contribution in [0.4, 0.5) is 5.82 Å². The molecule has 1 aromatic carbocycles. The summed E-state index contributed by atoms with van der Waals surface area (Å²) in [6.07, 6.45) is 3.94. The number of nitriles is 1. The number of hydrogen-bond acceptors (Lipinski definition) is 6. The van der Waals surface area contributed by atoms with E-state index in [9.17, 15) is 14.9 Å². The quantitative estimate of drug-likeness (QED) is 0.430. The van der Waals surface area contributed by atoms with Gasteiger partial charge in [0, 0.05) is 30.7 Å². The zero-order chi connectivity index (χ0) is 24.6. The van der Waals surface area contributed by atoms with Gasteiger partial charge in [0.2, 0.25) is 0 Å². The van der Waals surface area contributed by atoms with Crippen molar-refractivity contribution in [2.45, 2.75) is 33.2 Å². The topological polar surface area (TPSA) is 69.3 Å². The summed E-state index contributed by atoms with van der Waals surface area (Å²) in [4.78, 5) is 30.5. The molecule has 6 nitrogen and oxygen atoms in total. The largest absolute Gasteiger partial charge is 0.357 e. The number of hydrogen-bond donors (Lipinski definition) is 0. The predicted octanol–water partition coefficient (Wildman–Crippen LogP) is 4.86. The molecule has 2 saturated heterocycles. The maximum Gasteiger partial charge on any atom is 0.270 e. The van der Waals surface area contributed by atoms with Crippen LogP contribution in [0.3, 0.4) is 0 Å². The van der Waals surface area contributed by atoms with Gasteiger partial charge in [0.15, 0.2) is 0 Å². The highest BCUT2D eigenvalue weighted by molar-refractivity contribution is 8.26. The lowest BCUT2D eigenvalue weighted by Crippen LogP contribution is -2.39. The third-order valence-electron chi connectivity index (χ3n) is 6.36. The maximum atomic E-state index is 13.4. The highest BCUT2D eigenvalue weighted by atomic mass is 35.5. The van der Waals surface area contributed by atoms with Crippen molar-refractivity contribution >= 4 is 57.7 Å². The van der Waals surface area contributed by atoms with Gasteiger partial charge in [-0.2, -0.15) is 5.26 Å². The van der Waals surface area contributed by atoms with Gasteiger partial charge in [0.1, 0.15) is 21.8 Å². The van der Waals surface area contributed by atoms with Gasteiger partial charge in [0.05, 0.1) is 11.4 Å². The van der Waals surface area contributed by atoms with Crippen LogP contribution >= 0.6 is 35.6 Å². The van der Waals surface area contributed by atoms with Crippen LogP contribution in [0.15, 0.2) is 34.0 Å². The van der Waals surface area contributed by atoms with Crippen LogP contribution in [0.25, 0.3) is 6.08 Å². The summed E-state index contributed by atoms with van der Waals surface area (Å²) in [6, 6.07) is 9.42. The van der Waals surface area contributed by atoms with E-state index in [0.29, 0.717) is 31.3 Å². The Morgan fingerprint density at radius 1 is 1.32 bits per heavy atom. The Balaban J connectivity index is 1.79. The molecular weight excluding hydrogens is 488 g/mol. The van der Waals surface area contributed by atoms with Crippen LogP contribution in [-0.4, -0.2) is 32.8 Å². The lowest BCUT2D eigenvalue weighted by molar-refractivity contribution is -0.122. The molecule has 2 fully saturated rings. The maximum absolute atomic E-state index is 13.4. The van der Waals surface area contributed by atoms with E-state index in [1.165, 1.54) is 16.7 Å². The van der Waals surface area contributed by atoms with Crippen molar-refractivity contribution in [3.05, 3.63) is 66.8 Å². The SMILES string of the molecule is Cc1c(/C=C2/SC(=S)N(Cc3ccccc3Cl)C2=O)c(N2CCCC(C)C2)n(C)c(=O)c1C#N. The van der Waals surface area contributed by atoms with E-state index in [0.717, 1.165) is 37.3 Å². The molecule has 4 rings (SSSR count). The van der Waals surface area contributed by atoms with Gasteiger partial charge in [-0.1, -0.05) is 60.7 Å². The molecule has 1 amide bonds. The summed E-state index contributed by atoms with van der Waals surface area (Å²) >= 11 is 13.0. The highest BCUT2D eigenvalue weighted by Gasteiger charge is 2.34. The van der Waals surface area contributed by atoms with Crippen molar-refractivity contribution in [1.82, 2.24) is 9.47 Å². The van der Waals surface area contributed by atoms with Gasteiger partial charge in [-0.15, -0.1) is 0 Å². The monoisotopic (exact) mass is 512 g/mol. The van der Waals surface area contributed by atoms with Crippen LogP contribution in [-0.2, 0) is 18.4 Å². The molecule has 0 spiro atoms. The molecule has 2 aliphatic rings. The Hall–Kier alpha value is -2.60. The number of carbonyl (C=O) groups is 1. The molecule has 3 heterocycles. The summed E-state index contributed by atoms with van der Waals surface area (Å²) in [6.45, 7) is 5.88. The number of thiocarbonyl (C=S) groups is 1. The molecule has 0 radical (unpaired) electrons. The molecule has 0 N–H and O–H groups in total. The van der Waals surface area contributed by atoms with E-state index >= 15 is 0 Å². The molecule has 1 atom stereocenters. The smallest absolute Gasteiger partial charge is 0.270 e. The summed E-state index contributed by atoms with van der Waals surface area (Å²) < 4.78 is 1.99. The lowest BCUT2D eigenvalue weighted by atomic mass is 9.98. The fourth-order valence-electron chi connectivity index (χ4n) is 4.54. The molecule has 1 unspecified atom stereocenters. The van der Waals surface area contributed by atoms with E-state index in [-0.39, 0.29) is 23.6 Å². The average Bonchev–Trinajstić information content (AvgIpc) is 3.06. The Kier molecular flexibility index (Phi) is 7.17. The van der Waals surface area contributed by atoms with Crippen molar-refractivity contribution in [2.75, 3.05) is 18.0 Å². The number of aromatic nitrogens is 1. The van der Waals surface area contributed by atoms with Gasteiger partial charge in [0.25, 0.3) is 11.5 Å². The molecule has 0 aliphatic carbocycles. The fraction of sp³-hybridized carbons (Fsp3) is 0.360. The first kappa shape index (κ1) is 24.5. The van der Waals surface area contributed by atoms with Crippen LogP contribution in [0, 0.1) is 24.2 Å². The Labute approximate surface area is 213 Å². The third kappa shape index (κ3) is 4.52. The van der Waals surface area contributed by atoms with Crippen molar-refractivity contribution in [1.29, 1.82) is 5.26 Å². The molecule has 2 aliphatic heterocycles. The standard InChI is InChI=1S/C25H25ClN4O2S2/c1-15-7-6-10-29(13-15)22-18(16(2)19(12-27)23(31)28(22)3)11-21-24(32)30(25(33)34-21)14-17-8-4-5-9-20(17)26/h4-5,8-9,11,15H,6-7,10,13-14H2,1-3H3/b21-11+. The zero-order valence-electron chi connectivity index (χ0n) is 19.3.